The number of aromatic nitrogens is 1. The Morgan fingerprint density at radius 3 is 2.22 bits per heavy atom. The lowest BCUT2D eigenvalue weighted by Gasteiger charge is -2.33. The van der Waals surface area contributed by atoms with Crippen LogP contribution in [-0.2, 0) is 16.1 Å². The summed E-state index contributed by atoms with van der Waals surface area (Å²) < 4.78 is 5.21. The molecule has 0 fully saturated rings. The second-order valence-electron chi connectivity index (χ2n) is 8.09. The van der Waals surface area contributed by atoms with Crippen molar-refractivity contribution in [3.05, 3.63) is 66.7 Å². The number of nitrogens with one attached hydrogen (secondary N) is 2. The summed E-state index contributed by atoms with van der Waals surface area (Å²) in [6, 6.07) is 13.5. The molecule has 9 heteroatoms. The van der Waals surface area contributed by atoms with Crippen LogP contribution >= 0.6 is 0 Å². The molecule has 1 heterocycles. The number of carbonyl (C=O) groups is 3. The van der Waals surface area contributed by atoms with Gasteiger partial charge in [0.2, 0.25) is 0 Å². The van der Waals surface area contributed by atoms with Crippen molar-refractivity contribution < 1.29 is 23.9 Å². The van der Waals surface area contributed by atoms with Gasteiger partial charge in [0.1, 0.15) is 0 Å². The minimum absolute atomic E-state index is 0.145. The highest BCUT2D eigenvalue weighted by Gasteiger charge is 2.26. The average molecular weight is 436 g/mol. The summed E-state index contributed by atoms with van der Waals surface area (Å²) >= 11 is 0. The Morgan fingerprint density at radius 2 is 1.66 bits per heavy atom. The first-order valence-corrected chi connectivity index (χ1v) is 9.84. The van der Waals surface area contributed by atoms with Crippen molar-refractivity contribution in [2.24, 2.45) is 0 Å². The molecule has 32 heavy (non-hydrogen) atoms. The van der Waals surface area contributed by atoms with Crippen LogP contribution in [0.3, 0.4) is 0 Å². The zero-order valence-corrected chi connectivity index (χ0v) is 18.0. The van der Waals surface area contributed by atoms with Gasteiger partial charge in [0.05, 0.1) is 6.20 Å². The quantitative estimate of drug-likeness (QED) is 0.515. The molecule has 0 spiro atoms. The molecule has 0 bridgehead atoms. The molecular weight excluding hydrogens is 412 g/mol. The Bertz CT molecular complexity index is 1100. The van der Waals surface area contributed by atoms with Crippen LogP contribution in [0.4, 0.5) is 16.2 Å². The normalized spacial score (nSPS) is 11.0. The van der Waals surface area contributed by atoms with Gasteiger partial charge in [-0.1, -0.05) is 12.1 Å². The molecule has 3 amide bonds. The first kappa shape index (κ1) is 22.5. The lowest BCUT2D eigenvalue weighted by atomic mass is 10.1. The van der Waals surface area contributed by atoms with Crippen LogP contribution in [0.25, 0.3) is 11.3 Å². The fraction of sp³-hybridized carbons (Fsp3) is 0.217. The minimum atomic E-state index is -1.04. The van der Waals surface area contributed by atoms with Crippen molar-refractivity contribution >= 4 is 29.3 Å². The molecule has 3 rings (SSSR count). The van der Waals surface area contributed by atoms with Crippen LogP contribution in [0.1, 0.15) is 26.3 Å². The van der Waals surface area contributed by atoms with E-state index in [1.807, 2.05) is 0 Å². The van der Waals surface area contributed by atoms with E-state index >= 15 is 0 Å². The van der Waals surface area contributed by atoms with Gasteiger partial charge in [0.15, 0.2) is 12.2 Å². The average Bonchev–Trinajstić information content (AvgIpc) is 3.26. The third-order valence-electron chi connectivity index (χ3n) is 4.63. The molecule has 0 unspecified atom stereocenters. The van der Waals surface area contributed by atoms with Crippen LogP contribution < -0.4 is 10.6 Å². The van der Waals surface area contributed by atoms with Crippen LogP contribution in [0.15, 0.2) is 65.5 Å². The SMILES string of the molecule is CC(C)(C)N(Cc1cccc(NC(=O)C(=O)Nc2ccc(-c3cnco3)cc2)c1)C(=O)O. The zero-order chi connectivity index (χ0) is 23.3. The van der Waals surface area contributed by atoms with Crippen molar-refractivity contribution in [3.8, 4) is 11.3 Å². The lowest BCUT2D eigenvalue weighted by molar-refractivity contribution is -0.132. The number of anilines is 2. The molecule has 1 aromatic heterocycles. The summed E-state index contributed by atoms with van der Waals surface area (Å²) in [5.41, 5.74) is 1.72. The monoisotopic (exact) mass is 436 g/mol. The summed E-state index contributed by atoms with van der Waals surface area (Å²) in [5, 5.41) is 14.5. The van der Waals surface area contributed by atoms with Gasteiger partial charge in [0.25, 0.3) is 0 Å². The minimum Gasteiger partial charge on any atom is -0.465 e. The summed E-state index contributed by atoms with van der Waals surface area (Å²) in [4.78, 5) is 41.3. The van der Waals surface area contributed by atoms with Gasteiger partial charge in [0, 0.05) is 29.0 Å². The molecular formula is C23H24N4O5. The van der Waals surface area contributed by atoms with E-state index in [9.17, 15) is 19.5 Å². The third-order valence-corrected chi connectivity index (χ3v) is 4.63. The Hall–Kier alpha value is -4.14. The lowest BCUT2D eigenvalue weighted by Crippen LogP contribution is -2.44. The Morgan fingerprint density at radius 1 is 1.00 bits per heavy atom. The Kier molecular flexibility index (Phi) is 6.58. The smallest absolute Gasteiger partial charge is 0.408 e. The van der Waals surface area contributed by atoms with Crippen LogP contribution in [0.5, 0.6) is 0 Å². The fourth-order valence-corrected chi connectivity index (χ4v) is 2.97. The first-order chi connectivity index (χ1) is 15.1. The van der Waals surface area contributed by atoms with Crippen LogP contribution in [0, 0.1) is 0 Å². The van der Waals surface area contributed by atoms with E-state index in [0.29, 0.717) is 22.7 Å². The molecule has 3 N–H and O–H groups in total. The van der Waals surface area contributed by atoms with Crippen LogP contribution in [0.2, 0.25) is 0 Å². The molecule has 0 aliphatic carbocycles. The maximum atomic E-state index is 12.3. The topological polar surface area (TPSA) is 125 Å². The van der Waals surface area contributed by atoms with Gasteiger partial charge in [-0.2, -0.15) is 0 Å². The molecule has 3 aromatic rings. The molecule has 166 valence electrons. The van der Waals surface area contributed by atoms with E-state index in [1.54, 1.807) is 75.5 Å². The largest absolute Gasteiger partial charge is 0.465 e. The number of hydrogen-bond donors (Lipinski definition) is 3. The first-order valence-electron chi connectivity index (χ1n) is 9.84. The van der Waals surface area contributed by atoms with E-state index in [0.717, 1.165) is 5.56 Å². The van der Waals surface area contributed by atoms with Crippen molar-refractivity contribution in [3.63, 3.8) is 0 Å². The number of carboxylic acid groups (broad SMARTS) is 1. The van der Waals surface area contributed by atoms with Crippen molar-refractivity contribution in [1.29, 1.82) is 0 Å². The predicted molar refractivity (Wildman–Crippen MR) is 119 cm³/mol. The fourth-order valence-electron chi connectivity index (χ4n) is 2.97. The van der Waals surface area contributed by atoms with Gasteiger partial charge in [-0.3, -0.25) is 14.5 Å². The Labute approximate surface area is 185 Å². The van der Waals surface area contributed by atoms with Gasteiger partial charge >= 0.3 is 17.9 Å². The number of rotatable bonds is 5. The molecule has 0 saturated heterocycles. The Balaban J connectivity index is 1.62. The van der Waals surface area contributed by atoms with Gasteiger partial charge in [-0.25, -0.2) is 9.78 Å². The second-order valence-corrected chi connectivity index (χ2v) is 8.09. The molecule has 0 aliphatic rings. The second kappa shape index (κ2) is 9.34. The molecule has 0 saturated carbocycles. The number of hydrogen-bond acceptors (Lipinski definition) is 5. The van der Waals surface area contributed by atoms with Crippen molar-refractivity contribution in [1.82, 2.24) is 9.88 Å². The van der Waals surface area contributed by atoms with E-state index in [2.05, 4.69) is 15.6 Å². The van der Waals surface area contributed by atoms with Crippen molar-refractivity contribution in [2.45, 2.75) is 32.9 Å². The van der Waals surface area contributed by atoms with Gasteiger partial charge < -0.3 is 20.2 Å². The van der Waals surface area contributed by atoms with E-state index in [1.165, 1.54) is 11.3 Å². The highest BCUT2D eigenvalue weighted by atomic mass is 16.4. The van der Waals surface area contributed by atoms with E-state index < -0.39 is 23.4 Å². The summed E-state index contributed by atoms with van der Waals surface area (Å²) in [7, 11) is 0. The summed E-state index contributed by atoms with van der Waals surface area (Å²) in [5.74, 6) is -1.08. The number of carbonyl (C=O) groups excluding carboxylic acids is 2. The summed E-state index contributed by atoms with van der Waals surface area (Å²) in [6.45, 7) is 5.55. The zero-order valence-electron chi connectivity index (χ0n) is 18.0. The highest BCUT2D eigenvalue weighted by molar-refractivity contribution is 6.43. The van der Waals surface area contributed by atoms with Crippen molar-refractivity contribution in [2.75, 3.05) is 10.6 Å². The van der Waals surface area contributed by atoms with Crippen LogP contribution in [-0.4, -0.2) is 38.4 Å². The predicted octanol–water partition coefficient (Wildman–Crippen LogP) is 4.20. The molecule has 9 nitrogen and oxygen atoms in total. The highest BCUT2D eigenvalue weighted by Crippen LogP contribution is 2.21. The molecule has 0 radical (unpaired) electrons. The molecule has 0 atom stereocenters. The van der Waals surface area contributed by atoms with E-state index in [4.69, 9.17) is 4.42 Å². The molecule has 0 aliphatic heterocycles. The maximum Gasteiger partial charge on any atom is 0.408 e. The number of amides is 3. The van der Waals surface area contributed by atoms with Gasteiger partial charge in [-0.15, -0.1) is 0 Å². The standard InChI is InChI=1S/C23H24N4O5/c1-23(2,3)27(22(30)31)13-15-5-4-6-18(11-15)26-21(29)20(28)25-17-9-7-16(8-10-17)19-12-24-14-32-19/h4-12,14H,13H2,1-3H3,(H,25,28)(H,26,29)(H,30,31). The number of nitrogens with zero attached hydrogens (tertiary/aromatic N) is 2. The number of benzene rings is 2. The van der Waals surface area contributed by atoms with E-state index in [-0.39, 0.29) is 6.54 Å². The summed E-state index contributed by atoms with van der Waals surface area (Å²) in [6.07, 6.45) is 1.86. The third kappa shape index (κ3) is 5.72. The maximum absolute atomic E-state index is 12.3. The molecule has 2 aromatic carbocycles. The number of oxazole rings is 1. The van der Waals surface area contributed by atoms with Gasteiger partial charge in [-0.05, 0) is 62.7 Å².